The van der Waals surface area contributed by atoms with Crippen molar-refractivity contribution in [1.82, 2.24) is 9.62 Å². The summed E-state index contributed by atoms with van der Waals surface area (Å²) in [5.41, 5.74) is 0. The molecule has 2 heterocycles. The lowest BCUT2D eigenvalue weighted by Gasteiger charge is -2.31. The van der Waals surface area contributed by atoms with Crippen LogP contribution in [0.5, 0.6) is 0 Å². The van der Waals surface area contributed by atoms with E-state index in [1.54, 1.807) is 18.4 Å². The van der Waals surface area contributed by atoms with Gasteiger partial charge in [0.05, 0.1) is 16.3 Å². The van der Waals surface area contributed by atoms with E-state index in [0.29, 0.717) is 25.8 Å². The van der Waals surface area contributed by atoms with Crippen molar-refractivity contribution in [1.29, 1.82) is 0 Å². The third-order valence-corrected chi connectivity index (χ3v) is 7.45. The summed E-state index contributed by atoms with van der Waals surface area (Å²) in [6, 6.07) is 8.26. The molecule has 1 saturated heterocycles. The molecule has 0 unspecified atom stereocenters. The Kier molecular flexibility index (Phi) is 6.47. The Morgan fingerprint density at radius 1 is 1.15 bits per heavy atom. The van der Waals surface area contributed by atoms with Gasteiger partial charge in [0.15, 0.2) is 0 Å². The largest absolute Gasteiger partial charge is 0.469 e. The third-order valence-electron chi connectivity index (χ3n) is 4.59. The molecule has 1 fully saturated rings. The molecule has 1 aliphatic heterocycles. The average Bonchev–Trinajstić information content (AvgIpc) is 3.15. The Bertz CT molecular complexity index is 872. The van der Waals surface area contributed by atoms with E-state index in [9.17, 15) is 13.2 Å². The van der Waals surface area contributed by atoms with Crippen LogP contribution in [0.4, 0.5) is 0 Å². The molecule has 0 spiro atoms. The molecule has 1 N–H and O–H groups in total. The number of furan rings is 1. The zero-order chi connectivity index (χ0) is 19.4. The zero-order valence-corrected chi connectivity index (χ0v) is 16.9. The molecule has 1 aliphatic rings. The predicted octanol–water partition coefficient (Wildman–Crippen LogP) is 3.35. The van der Waals surface area contributed by atoms with Crippen molar-refractivity contribution in [2.45, 2.75) is 24.2 Å². The lowest BCUT2D eigenvalue weighted by atomic mass is 9.97. The van der Waals surface area contributed by atoms with Crippen LogP contribution in [-0.2, 0) is 21.2 Å². The highest BCUT2D eigenvalue weighted by Crippen LogP contribution is 2.33. The normalized spacial score (nSPS) is 16.4. The highest BCUT2D eigenvalue weighted by atomic mass is 35.5. The van der Waals surface area contributed by atoms with Gasteiger partial charge in [0, 0.05) is 32.0 Å². The predicted molar refractivity (Wildman–Crippen MR) is 103 cm³/mol. The molecule has 0 bridgehead atoms. The molecule has 146 valence electrons. The van der Waals surface area contributed by atoms with Gasteiger partial charge in [0.1, 0.15) is 10.7 Å². The molecule has 6 nitrogen and oxygen atoms in total. The zero-order valence-electron chi connectivity index (χ0n) is 14.5. The van der Waals surface area contributed by atoms with Crippen LogP contribution in [0.25, 0.3) is 0 Å². The van der Waals surface area contributed by atoms with E-state index in [4.69, 9.17) is 27.6 Å². The van der Waals surface area contributed by atoms with Crippen molar-refractivity contribution < 1.29 is 17.6 Å². The topological polar surface area (TPSA) is 79.6 Å². The molecular formula is C18H20Cl2N2O4S. The standard InChI is InChI=1S/C18H20Cl2N2O4S/c19-15-4-1-5-16(20)17(15)27(24,25)22-10-7-13(8-11-22)18(23)21-9-6-14-3-2-12-26-14/h1-5,12-13H,6-11H2,(H,21,23). The minimum absolute atomic E-state index is 0.0608. The van der Waals surface area contributed by atoms with Crippen molar-refractivity contribution in [3.05, 3.63) is 52.4 Å². The second-order valence-electron chi connectivity index (χ2n) is 6.35. The molecule has 1 amide bonds. The van der Waals surface area contributed by atoms with Crippen molar-refractivity contribution in [2.24, 2.45) is 5.92 Å². The van der Waals surface area contributed by atoms with E-state index in [0.717, 1.165) is 5.76 Å². The van der Waals surface area contributed by atoms with Crippen LogP contribution in [0.15, 0.2) is 45.9 Å². The molecule has 3 rings (SSSR count). The molecule has 0 radical (unpaired) electrons. The average molecular weight is 431 g/mol. The second-order valence-corrected chi connectivity index (χ2v) is 9.04. The first-order chi connectivity index (χ1) is 12.9. The maximum atomic E-state index is 12.9. The van der Waals surface area contributed by atoms with Gasteiger partial charge >= 0.3 is 0 Å². The molecule has 0 aliphatic carbocycles. The smallest absolute Gasteiger partial charge is 0.246 e. The van der Waals surface area contributed by atoms with Crippen LogP contribution in [0.1, 0.15) is 18.6 Å². The number of hydrogen-bond acceptors (Lipinski definition) is 4. The summed E-state index contributed by atoms with van der Waals surface area (Å²) in [6.07, 6.45) is 3.12. The number of benzene rings is 1. The molecule has 1 aromatic carbocycles. The fourth-order valence-corrected chi connectivity index (χ4v) is 5.69. The van der Waals surface area contributed by atoms with Crippen molar-refractivity contribution in [3.8, 4) is 0 Å². The van der Waals surface area contributed by atoms with Crippen LogP contribution >= 0.6 is 23.2 Å². The molecule has 27 heavy (non-hydrogen) atoms. The van der Waals surface area contributed by atoms with E-state index < -0.39 is 10.0 Å². The number of sulfonamides is 1. The molecule has 0 saturated carbocycles. The summed E-state index contributed by atoms with van der Waals surface area (Å²) >= 11 is 12.1. The summed E-state index contributed by atoms with van der Waals surface area (Å²) in [7, 11) is -3.79. The van der Waals surface area contributed by atoms with Gasteiger partial charge in [0.25, 0.3) is 0 Å². The minimum Gasteiger partial charge on any atom is -0.469 e. The van der Waals surface area contributed by atoms with Crippen LogP contribution in [0, 0.1) is 5.92 Å². The van der Waals surface area contributed by atoms with Crippen molar-refractivity contribution in [2.75, 3.05) is 19.6 Å². The summed E-state index contributed by atoms with van der Waals surface area (Å²) in [4.78, 5) is 12.2. The molecule has 0 atom stereocenters. The van der Waals surface area contributed by atoms with Gasteiger partial charge in [-0.3, -0.25) is 4.79 Å². The minimum atomic E-state index is -3.79. The van der Waals surface area contributed by atoms with Crippen LogP contribution in [0.2, 0.25) is 10.0 Å². The molecule has 2 aromatic rings. The number of nitrogens with one attached hydrogen (secondary N) is 1. The van der Waals surface area contributed by atoms with Crippen molar-refractivity contribution in [3.63, 3.8) is 0 Å². The maximum absolute atomic E-state index is 12.9. The highest BCUT2D eigenvalue weighted by molar-refractivity contribution is 7.89. The van der Waals surface area contributed by atoms with Gasteiger partial charge in [-0.15, -0.1) is 0 Å². The monoisotopic (exact) mass is 430 g/mol. The Labute approximate surface area is 168 Å². The van der Waals surface area contributed by atoms with Gasteiger partial charge in [-0.2, -0.15) is 4.31 Å². The van der Waals surface area contributed by atoms with E-state index in [-0.39, 0.29) is 39.9 Å². The summed E-state index contributed by atoms with van der Waals surface area (Å²) in [6.45, 7) is 0.987. The molecular weight excluding hydrogens is 411 g/mol. The first-order valence-corrected chi connectivity index (χ1v) is 10.8. The molecule has 1 aromatic heterocycles. The number of carbonyl (C=O) groups is 1. The van der Waals surface area contributed by atoms with Crippen molar-refractivity contribution >= 4 is 39.1 Å². The quantitative estimate of drug-likeness (QED) is 0.761. The van der Waals surface area contributed by atoms with E-state index in [2.05, 4.69) is 5.32 Å². The number of halogens is 2. The fourth-order valence-electron chi connectivity index (χ4n) is 3.12. The lowest BCUT2D eigenvalue weighted by molar-refractivity contribution is -0.126. The van der Waals surface area contributed by atoms with Gasteiger partial charge < -0.3 is 9.73 Å². The molecule has 9 heteroatoms. The van der Waals surface area contributed by atoms with E-state index in [1.165, 1.54) is 16.4 Å². The van der Waals surface area contributed by atoms with Crippen LogP contribution < -0.4 is 5.32 Å². The number of amides is 1. The van der Waals surface area contributed by atoms with Gasteiger partial charge in [-0.25, -0.2) is 8.42 Å². The summed E-state index contributed by atoms with van der Waals surface area (Å²) < 4.78 is 32.3. The van der Waals surface area contributed by atoms with Crippen LogP contribution in [0.3, 0.4) is 0 Å². The van der Waals surface area contributed by atoms with E-state index in [1.807, 2.05) is 6.07 Å². The van der Waals surface area contributed by atoms with Gasteiger partial charge in [-0.1, -0.05) is 29.3 Å². The number of nitrogens with zero attached hydrogens (tertiary/aromatic N) is 1. The van der Waals surface area contributed by atoms with E-state index >= 15 is 0 Å². The Morgan fingerprint density at radius 3 is 2.41 bits per heavy atom. The SMILES string of the molecule is O=C(NCCc1ccco1)C1CCN(S(=O)(=O)c2c(Cl)cccc2Cl)CC1. The second kappa shape index (κ2) is 8.65. The number of carbonyl (C=O) groups excluding carboxylic acids is 1. The third kappa shape index (κ3) is 4.66. The lowest BCUT2D eigenvalue weighted by Crippen LogP contribution is -2.43. The Balaban J connectivity index is 1.55. The Morgan fingerprint density at radius 2 is 1.81 bits per heavy atom. The highest BCUT2D eigenvalue weighted by Gasteiger charge is 2.34. The fraction of sp³-hybridized carbons (Fsp3) is 0.389. The number of hydrogen-bond donors (Lipinski definition) is 1. The van der Waals surface area contributed by atoms with Gasteiger partial charge in [-0.05, 0) is 37.1 Å². The Hall–Kier alpha value is -1.54. The summed E-state index contributed by atoms with van der Waals surface area (Å²) in [5.74, 6) is 0.539. The number of piperidine rings is 1. The number of rotatable bonds is 6. The first-order valence-electron chi connectivity index (χ1n) is 8.64. The summed E-state index contributed by atoms with van der Waals surface area (Å²) in [5, 5.41) is 3.08. The van der Waals surface area contributed by atoms with Crippen LogP contribution in [-0.4, -0.2) is 38.3 Å². The van der Waals surface area contributed by atoms with Gasteiger partial charge in [0.2, 0.25) is 15.9 Å². The maximum Gasteiger partial charge on any atom is 0.246 e. The first kappa shape index (κ1) is 20.2.